The van der Waals surface area contributed by atoms with E-state index in [0.717, 1.165) is 16.7 Å². The van der Waals surface area contributed by atoms with Gasteiger partial charge in [0.05, 0.1) is 6.04 Å². The minimum atomic E-state index is -2.80. The Morgan fingerprint density at radius 2 is 1.04 bits per heavy atom. The first-order valence-corrected chi connectivity index (χ1v) is 9.32. The van der Waals surface area contributed by atoms with Crippen LogP contribution in [0.2, 0.25) is 0 Å². The van der Waals surface area contributed by atoms with Crippen LogP contribution in [0, 0.1) is 0 Å². The third-order valence-corrected chi connectivity index (χ3v) is 4.97. The molecule has 3 aromatic carbocycles. The minimum absolute atomic E-state index is 0.154. The van der Waals surface area contributed by atoms with Crippen molar-refractivity contribution in [2.75, 3.05) is 0 Å². The zero-order valence-electron chi connectivity index (χ0n) is 13.2. The van der Waals surface area contributed by atoms with E-state index >= 15 is 0 Å². The lowest BCUT2D eigenvalue weighted by Gasteiger charge is -2.25. The highest BCUT2D eigenvalue weighted by atomic mass is 31.1. The van der Waals surface area contributed by atoms with Gasteiger partial charge in [0, 0.05) is 0 Å². The van der Waals surface area contributed by atoms with E-state index in [0.29, 0.717) is 0 Å². The van der Waals surface area contributed by atoms with Gasteiger partial charge < -0.3 is 4.89 Å². The maximum absolute atomic E-state index is 12.0. The van der Waals surface area contributed by atoms with Gasteiger partial charge in [-0.25, -0.2) is 0 Å². The number of rotatable bonds is 6. The van der Waals surface area contributed by atoms with E-state index in [1.807, 2.05) is 91.0 Å². The van der Waals surface area contributed by atoms with Gasteiger partial charge in [-0.05, 0) is 16.7 Å². The Morgan fingerprint density at radius 3 is 1.42 bits per heavy atom. The highest BCUT2D eigenvalue weighted by Gasteiger charge is 2.23. The SMILES string of the molecule is O=[PH](O)C(NC(c1ccccc1)c1ccccc1)c1ccccc1. The molecular formula is C20H20NO2P. The molecule has 0 fully saturated rings. The second-order valence-electron chi connectivity index (χ2n) is 5.60. The lowest BCUT2D eigenvalue weighted by molar-refractivity contribution is 0.463. The third kappa shape index (κ3) is 4.01. The maximum Gasteiger partial charge on any atom is 0.209 e. The summed E-state index contributed by atoms with van der Waals surface area (Å²) in [5.74, 6) is -0.596. The molecular weight excluding hydrogens is 317 g/mol. The Hall–Kier alpha value is -2.19. The molecule has 2 unspecified atom stereocenters. The first-order valence-electron chi connectivity index (χ1n) is 7.89. The van der Waals surface area contributed by atoms with Gasteiger partial charge in [-0.2, -0.15) is 0 Å². The van der Waals surface area contributed by atoms with Crippen molar-refractivity contribution < 1.29 is 9.46 Å². The summed E-state index contributed by atoms with van der Waals surface area (Å²) in [4.78, 5) is 9.89. The van der Waals surface area contributed by atoms with E-state index in [1.165, 1.54) is 0 Å². The Kier molecular flexibility index (Phi) is 5.60. The van der Waals surface area contributed by atoms with Crippen LogP contribution in [-0.2, 0) is 4.57 Å². The summed E-state index contributed by atoms with van der Waals surface area (Å²) in [6.07, 6.45) is 0. The van der Waals surface area contributed by atoms with E-state index in [4.69, 9.17) is 0 Å². The highest BCUT2D eigenvalue weighted by molar-refractivity contribution is 7.38. The zero-order valence-corrected chi connectivity index (χ0v) is 14.2. The molecule has 0 amide bonds. The molecule has 3 nitrogen and oxygen atoms in total. The standard InChI is InChI=1S/C20H20NO2P/c22-24(23)20(18-14-8-3-9-15-18)21-19(16-10-4-1-5-11-16)17-12-6-2-7-13-17/h1-15,19-21,24H,(H,22,23). The molecule has 4 heteroatoms. The van der Waals surface area contributed by atoms with Crippen molar-refractivity contribution >= 4 is 8.03 Å². The third-order valence-electron chi connectivity index (χ3n) is 3.98. The Morgan fingerprint density at radius 1 is 0.667 bits per heavy atom. The quantitative estimate of drug-likeness (QED) is 0.650. The fourth-order valence-electron chi connectivity index (χ4n) is 2.80. The van der Waals surface area contributed by atoms with E-state index < -0.39 is 13.8 Å². The molecule has 3 rings (SSSR count). The van der Waals surface area contributed by atoms with Crippen molar-refractivity contribution in [2.24, 2.45) is 0 Å². The van der Waals surface area contributed by atoms with Gasteiger partial charge in [-0.15, -0.1) is 0 Å². The van der Waals surface area contributed by atoms with E-state index in [-0.39, 0.29) is 6.04 Å². The summed E-state index contributed by atoms with van der Waals surface area (Å²) in [6.45, 7) is 0. The van der Waals surface area contributed by atoms with Gasteiger partial charge in [0.25, 0.3) is 0 Å². The molecule has 24 heavy (non-hydrogen) atoms. The van der Waals surface area contributed by atoms with E-state index in [2.05, 4.69) is 5.32 Å². The summed E-state index contributed by atoms with van der Waals surface area (Å²) in [5.41, 5.74) is 2.95. The average Bonchev–Trinajstić information content (AvgIpc) is 2.64. The molecule has 0 spiro atoms. The van der Waals surface area contributed by atoms with Crippen LogP contribution < -0.4 is 5.32 Å². The van der Waals surface area contributed by atoms with Crippen LogP contribution in [-0.4, -0.2) is 4.89 Å². The fourth-order valence-corrected chi connectivity index (χ4v) is 3.58. The van der Waals surface area contributed by atoms with Crippen LogP contribution in [0.4, 0.5) is 0 Å². The van der Waals surface area contributed by atoms with Crippen molar-refractivity contribution in [1.29, 1.82) is 0 Å². The predicted molar refractivity (Wildman–Crippen MR) is 98.3 cm³/mol. The molecule has 2 N–H and O–H groups in total. The summed E-state index contributed by atoms with van der Waals surface area (Å²) in [7, 11) is -2.80. The van der Waals surface area contributed by atoms with Gasteiger partial charge in [0.2, 0.25) is 8.03 Å². The van der Waals surface area contributed by atoms with Crippen LogP contribution >= 0.6 is 8.03 Å². The summed E-state index contributed by atoms with van der Waals surface area (Å²) in [6, 6.07) is 29.2. The second kappa shape index (κ2) is 8.07. The Labute approximate surface area is 142 Å². The number of hydrogen-bond acceptors (Lipinski definition) is 2. The average molecular weight is 337 g/mol. The molecule has 122 valence electrons. The number of nitrogens with one attached hydrogen (secondary N) is 1. The van der Waals surface area contributed by atoms with Gasteiger partial charge in [-0.3, -0.25) is 9.88 Å². The van der Waals surface area contributed by atoms with Crippen molar-refractivity contribution in [3.05, 3.63) is 108 Å². The molecule has 0 saturated heterocycles. The van der Waals surface area contributed by atoms with E-state index in [1.54, 1.807) is 0 Å². The molecule has 0 heterocycles. The molecule has 0 aliphatic rings. The largest absolute Gasteiger partial charge is 0.345 e. The van der Waals surface area contributed by atoms with Gasteiger partial charge in [-0.1, -0.05) is 91.0 Å². The smallest absolute Gasteiger partial charge is 0.209 e. The first-order chi connectivity index (χ1) is 11.8. The van der Waals surface area contributed by atoms with Crippen molar-refractivity contribution in [3.63, 3.8) is 0 Å². The van der Waals surface area contributed by atoms with Crippen LogP contribution in [0.5, 0.6) is 0 Å². The van der Waals surface area contributed by atoms with Gasteiger partial charge >= 0.3 is 0 Å². The molecule has 0 bridgehead atoms. The molecule has 0 aliphatic carbocycles. The van der Waals surface area contributed by atoms with E-state index in [9.17, 15) is 9.46 Å². The maximum atomic E-state index is 12.0. The van der Waals surface area contributed by atoms with Gasteiger partial charge in [0.15, 0.2) is 0 Å². The molecule has 2 atom stereocenters. The Balaban J connectivity index is 1.98. The topological polar surface area (TPSA) is 49.3 Å². The summed E-state index contributed by atoms with van der Waals surface area (Å²) >= 11 is 0. The van der Waals surface area contributed by atoms with Crippen molar-refractivity contribution in [2.45, 2.75) is 11.8 Å². The molecule has 0 saturated carbocycles. The first kappa shape index (κ1) is 16.7. The van der Waals surface area contributed by atoms with Gasteiger partial charge in [0.1, 0.15) is 5.78 Å². The van der Waals surface area contributed by atoms with Crippen molar-refractivity contribution in [1.82, 2.24) is 5.32 Å². The van der Waals surface area contributed by atoms with Crippen LogP contribution in [0.3, 0.4) is 0 Å². The molecule has 0 radical (unpaired) electrons. The van der Waals surface area contributed by atoms with Crippen molar-refractivity contribution in [3.8, 4) is 0 Å². The van der Waals surface area contributed by atoms with Crippen LogP contribution in [0.1, 0.15) is 28.5 Å². The second-order valence-corrected chi connectivity index (χ2v) is 6.86. The molecule has 3 aromatic rings. The number of hydrogen-bond donors (Lipinski definition) is 2. The fraction of sp³-hybridized carbons (Fsp3) is 0.100. The lowest BCUT2D eigenvalue weighted by atomic mass is 9.98. The molecule has 0 aromatic heterocycles. The van der Waals surface area contributed by atoms with Crippen LogP contribution in [0.25, 0.3) is 0 Å². The monoisotopic (exact) mass is 337 g/mol. The van der Waals surface area contributed by atoms with Crippen LogP contribution in [0.15, 0.2) is 91.0 Å². The normalized spacial score (nSPS) is 13.6. The zero-order chi connectivity index (χ0) is 16.8. The summed E-state index contributed by atoms with van der Waals surface area (Å²) in [5, 5.41) is 3.39. The molecule has 0 aliphatic heterocycles. The Bertz CT molecular complexity index is 739. The number of benzene rings is 3. The highest BCUT2D eigenvalue weighted by Crippen LogP contribution is 2.38. The minimum Gasteiger partial charge on any atom is -0.345 e. The lowest BCUT2D eigenvalue weighted by Crippen LogP contribution is -2.25. The summed E-state index contributed by atoms with van der Waals surface area (Å²) < 4.78 is 12.0. The predicted octanol–water partition coefficient (Wildman–Crippen LogP) is 4.53.